The van der Waals surface area contributed by atoms with Gasteiger partial charge in [0.15, 0.2) is 5.13 Å². The fourth-order valence-electron chi connectivity index (χ4n) is 1.43. The lowest BCUT2D eigenvalue weighted by Gasteiger charge is -2.07. The number of anilines is 1. The number of hydrogen-bond donors (Lipinski definition) is 3. The summed E-state index contributed by atoms with van der Waals surface area (Å²) in [6.45, 7) is 0. The summed E-state index contributed by atoms with van der Waals surface area (Å²) in [5.74, 6) is -1.07. The molecule has 0 bridgehead atoms. The first kappa shape index (κ1) is 12.5. The van der Waals surface area contributed by atoms with Gasteiger partial charge in [0.2, 0.25) is 11.8 Å². The molecule has 0 saturated carbocycles. The van der Waals surface area contributed by atoms with Gasteiger partial charge in [-0.3, -0.25) is 9.59 Å². The molecule has 2 amide bonds. The summed E-state index contributed by atoms with van der Waals surface area (Å²) in [6.07, 6.45) is -0.184. The van der Waals surface area contributed by atoms with E-state index in [0.717, 1.165) is 10.2 Å². The number of aromatic nitrogens is 1. The van der Waals surface area contributed by atoms with Crippen LogP contribution in [0.5, 0.6) is 0 Å². The van der Waals surface area contributed by atoms with E-state index in [4.69, 9.17) is 11.5 Å². The van der Waals surface area contributed by atoms with E-state index < -0.39 is 17.9 Å². The summed E-state index contributed by atoms with van der Waals surface area (Å²) in [4.78, 5) is 26.5. The first-order chi connectivity index (χ1) is 8.56. The highest BCUT2D eigenvalue weighted by Gasteiger charge is 2.17. The highest BCUT2D eigenvalue weighted by molar-refractivity contribution is 7.22. The first-order valence-corrected chi connectivity index (χ1v) is 6.08. The molecule has 1 heterocycles. The van der Waals surface area contributed by atoms with Crippen molar-refractivity contribution in [3.63, 3.8) is 0 Å². The molecule has 0 aliphatic carbocycles. The molecule has 18 heavy (non-hydrogen) atoms. The maximum atomic E-state index is 11.6. The van der Waals surface area contributed by atoms with E-state index in [1.165, 1.54) is 11.3 Å². The van der Waals surface area contributed by atoms with Gasteiger partial charge in [-0.2, -0.15) is 0 Å². The normalized spacial score (nSPS) is 12.3. The molecule has 0 fully saturated rings. The summed E-state index contributed by atoms with van der Waals surface area (Å²) in [6, 6.07) is 6.57. The summed E-state index contributed by atoms with van der Waals surface area (Å²) < 4.78 is 0.969. The number of nitrogens with zero attached hydrogens (tertiary/aromatic N) is 1. The molecule has 0 radical (unpaired) electrons. The van der Waals surface area contributed by atoms with E-state index in [-0.39, 0.29) is 6.42 Å². The van der Waals surface area contributed by atoms with Crippen molar-refractivity contribution in [2.75, 3.05) is 5.32 Å². The van der Waals surface area contributed by atoms with Crippen LogP contribution in [0.4, 0.5) is 5.13 Å². The van der Waals surface area contributed by atoms with Crippen molar-refractivity contribution in [2.24, 2.45) is 11.5 Å². The molecule has 1 aromatic carbocycles. The van der Waals surface area contributed by atoms with Crippen LogP contribution in [0.2, 0.25) is 0 Å². The third kappa shape index (κ3) is 2.82. The topological polar surface area (TPSA) is 111 Å². The Morgan fingerprint density at radius 2 is 2.11 bits per heavy atom. The highest BCUT2D eigenvalue weighted by atomic mass is 32.1. The maximum Gasteiger partial charge on any atom is 0.243 e. The lowest BCUT2D eigenvalue weighted by molar-refractivity contribution is -0.123. The van der Waals surface area contributed by atoms with Gasteiger partial charge < -0.3 is 16.8 Å². The average Bonchev–Trinajstić information content (AvgIpc) is 2.69. The number of primary amides is 1. The van der Waals surface area contributed by atoms with Crippen LogP contribution in [0.1, 0.15) is 6.42 Å². The standard InChI is InChI=1S/C11H12N4O2S/c12-6(5-9(13)16)10(17)15-11-14-7-3-1-2-4-8(7)18-11/h1-4,6H,5,12H2,(H2,13,16)(H,14,15,17). The molecule has 1 aromatic heterocycles. The Hall–Kier alpha value is -1.99. The third-order valence-electron chi connectivity index (χ3n) is 2.28. The SMILES string of the molecule is NC(=O)CC(N)C(=O)Nc1nc2ccccc2s1. The van der Waals surface area contributed by atoms with Crippen molar-refractivity contribution in [2.45, 2.75) is 12.5 Å². The summed E-state index contributed by atoms with van der Waals surface area (Å²) >= 11 is 1.35. The number of rotatable bonds is 4. The van der Waals surface area contributed by atoms with Gasteiger partial charge in [0.05, 0.1) is 22.7 Å². The van der Waals surface area contributed by atoms with E-state index in [9.17, 15) is 9.59 Å². The zero-order valence-corrected chi connectivity index (χ0v) is 10.2. The Kier molecular flexibility index (Phi) is 3.54. The molecule has 1 atom stereocenters. The van der Waals surface area contributed by atoms with Gasteiger partial charge in [0.1, 0.15) is 0 Å². The monoisotopic (exact) mass is 264 g/mol. The largest absolute Gasteiger partial charge is 0.370 e. The van der Waals surface area contributed by atoms with Gasteiger partial charge in [0.25, 0.3) is 0 Å². The van der Waals surface area contributed by atoms with Crippen LogP contribution >= 0.6 is 11.3 Å². The number of carbonyl (C=O) groups is 2. The number of amides is 2. The number of benzene rings is 1. The second kappa shape index (κ2) is 5.11. The number of nitrogens with two attached hydrogens (primary N) is 2. The van der Waals surface area contributed by atoms with Crippen LogP contribution in [-0.2, 0) is 9.59 Å². The van der Waals surface area contributed by atoms with Crippen molar-refractivity contribution in [1.82, 2.24) is 4.98 Å². The Morgan fingerprint density at radius 1 is 1.39 bits per heavy atom. The molecule has 0 aliphatic heterocycles. The number of nitrogens with one attached hydrogen (secondary N) is 1. The number of carbonyl (C=O) groups excluding carboxylic acids is 2. The zero-order chi connectivity index (χ0) is 13.1. The van der Waals surface area contributed by atoms with Crippen molar-refractivity contribution < 1.29 is 9.59 Å². The molecule has 2 aromatic rings. The van der Waals surface area contributed by atoms with Crippen molar-refractivity contribution >= 4 is 38.5 Å². The Bertz CT molecular complexity index is 562. The van der Waals surface area contributed by atoms with Gasteiger partial charge in [-0.25, -0.2) is 4.98 Å². The molecule has 2 rings (SSSR count). The molecule has 94 valence electrons. The van der Waals surface area contributed by atoms with E-state index in [1.807, 2.05) is 24.3 Å². The minimum Gasteiger partial charge on any atom is -0.370 e. The van der Waals surface area contributed by atoms with Crippen LogP contribution in [0.3, 0.4) is 0 Å². The Balaban J connectivity index is 2.09. The molecule has 1 unspecified atom stereocenters. The average molecular weight is 264 g/mol. The zero-order valence-electron chi connectivity index (χ0n) is 9.42. The molecular weight excluding hydrogens is 252 g/mol. The van der Waals surface area contributed by atoms with Crippen molar-refractivity contribution in [1.29, 1.82) is 0 Å². The lowest BCUT2D eigenvalue weighted by atomic mass is 10.2. The number of fused-ring (bicyclic) bond motifs is 1. The minimum atomic E-state index is -0.950. The van der Waals surface area contributed by atoms with Crippen molar-refractivity contribution in [3.8, 4) is 0 Å². The van der Waals surface area contributed by atoms with E-state index in [2.05, 4.69) is 10.3 Å². The molecule has 0 aliphatic rings. The minimum absolute atomic E-state index is 0.184. The second-order valence-electron chi connectivity index (χ2n) is 3.75. The molecular formula is C11H12N4O2S. The van der Waals surface area contributed by atoms with Crippen molar-refractivity contribution in [3.05, 3.63) is 24.3 Å². The predicted molar refractivity (Wildman–Crippen MR) is 70.0 cm³/mol. The van der Waals surface area contributed by atoms with Gasteiger partial charge in [-0.15, -0.1) is 0 Å². The third-order valence-corrected chi connectivity index (χ3v) is 3.23. The highest BCUT2D eigenvalue weighted by Crippen LogP contribution is 2.25. The summed E-state index contributed by atoms with van der Waals surface area (Å²) in [7, 11) is 0. The molecule has 0 spiro atoms. The first-order valence-electron chi connectivity index (χ1n) is 5.26. The predicted octanol–water partition coefficient (Wildman–Crippen LogP) is 0.437. The van der Waals surface area contributed by atoms with Crippen LogP contribution < -0.4 is 16.8 Å². The summed E-state index contributed by atoms with van der Waals surface area (Å²) in [5.41, 5.74) is 11.3. The van der Waals surface area contributed by atoms with Gasteiger partial charge in [0, 0.05) is 0 Å². The van der Waals surface area contributed by atoms with E-state index >= 15 is 0 Å². The summed E-state index contributed by atoms with van der Waals surface area (Å²) in [5, 5.41) is 3.03. The number of para-hydroxylation sites is 1. The maximum absolute atomic E-state index is 11.6. The van der Waals surface area contributed by atoms with Crippen LogP contribution in [0.15, 0.2) is 24.3 Å². The lowest BCUT2D eigenvalue weighted by Crippen LogP contribution is -2.38. The molecule has 6 nitrogen and oxygen atoms in total. The van der Waals surface area contributed by atoms with Gasteiger partial charge in [-0.1, -0.05) is 23.5 Å². The van der Waals surface area contributed by atoms with E-state index in [0.29, 0.717) is 5.13 Å². The molecule has 0 saturated heterocycles. The Morgan fingerprint density at radius 3 is 2.78 bits per heavy atom. The smallest absolute Gasteiger partial charge is 0.243 e. The fraction of sp³-hybridized carbons (Fsp3) is 0.182. The van der Waals surface area contributed by atoms with Gasteiger partial charge in [-0.05, 0) is 12.1 Å². The molecule has 7 heteroatoms. The fourth-order valence-corrected chi connectivity index (χ4v) is 2.30. The Labute approximate surface area is 107 Å². The van der Waals surface area contributed by atoms with E-state index in [1.54, 1.807) is 0 Å². The number of hydrogen-bond acceptors (Lipinski definition) is 5. The van der Waals surface area contributed by atoms with Crippen LogP contribution in [0.25, 0.3) is 10.2 Å². The number of thiazole rings is 1. The van der Waals surface area contributed by atoms with Gasteiger partial charge >= 0.3 is 0 Å². The quantitative estimate of drug-likeness (QED) is 0.743. The second-order valence-corrected chi connectivity index (χ2v) is 4.78. The molecule has 5 N–H and O–H groups in total. The van der Waals surface area contributed by atoms with Crippen LogP contribution in [0, 0.1) is 0 Å². The van der Waals surface area contributed by atoms with Crippen LogP contribution in [-0.4, -0.2) is 22.8 Å².